The third kappa shape index (κ3) is 2.08. The van der Waals surface area contributed by atoms with Gasteiger partial charge < -0.3 is 5.73 Å². The molecule has 2 aromatic heterocycles. The van der Waals surface area contributed by atoms with Crippen LogP contribution in [-0.2, 0) is 13.1 Å². The van der Waals surface area contributed by atoms with E-state index in [2.05, 4.69) is 30.0 Å². The molecule has 0 aliphatic heterocycles. The molecule has 4 nitrogen and oxygen atoms in total. The summed E-state index contributed by atoms with van der Waals surface area (Å²) >= 11 is 0. The molecular formula is C13H18N4. The lowest BCUT2D eigenvalue weighted by Gasteiger charge is -2.04. The topological polar surface area (TPSA) is 56.7 Å². The first-order valence-electron chi connectivity index (χ1n) is 5.85. The van der Waals surface area contributed by atoms with E-state index < -0.39 is 0 Å². The first-order valence-corrected chi connectivity index (χ1v) is 5.85. The minimum Gasteiger partial charge on any atom is -0.326 e. The van der Waals surface area contributed by atoms with Crippen molar-refractivity contribution in [2.24, 2.45) is 5.73 Å². The molecule has 0 unspecified atom stereocenters. The highest BCUT2D eigenvalue weighted by molar-refractivity contribution is 5.68. The summed E-state index contributed by atoms with van der Waals surface area (Å²) in [6.07, 6.45) is 3.68. The van der Waals surface area contributed by atoms with Gasteiger partial charge in [0.05, 0.1) is 5.69 Å². The predicted octanol–water partition coefficient (Wildman–Crippen LogP) is 2.04. The summed E-state index contributed by atoms with van der Waals surface area (Å²) in [6.45, 7) is 7.62. The van der Waals surface area contributed by atoms with Gasteiger partial charge in [-0.1, -0.05) is 0 Å². The molecule has 0 spiro atoms. The normalized spacial score (nSPS) is 10.8. The molecule has 2 aromatic rings. The van der Waals surface area contributed by atoms with Crippen LogP contribution in [0.4, 0.5) is 0 Å². The number of nitrogens with two attached hydrogens (primary N) is 1. The summed E-state index contributed by atoms with van der Waals surface area (Å²) in [4.78, 5) is 4.23. The SMILES string of the molecule is CCn1nc(C)c(-c2cncc(CN)c2)c1C. The van der Waals surface area contributed by atoms with Gasteiger partial charge in [-0.05, 0) is 32.4 Å². The van der Waals surface area contributed by atoms with Crippen LogP contribution in [0.15, 0.2) is 18.5 Å². The number of aryl methyl sites for hydroxylation is 2. The molecule has 0 aromatic carbocycles. The largest absolute Gasteiger partial charge is 0.326 e. The zero-order valence-electron chi connectivity index (χ0n) is 10.6. The van der Waals surface area contributed by atoms with Gasteiger partial charge in [-0.3, -0.25) is 9.67 Å². The molecule has 0 aliphatic rings. The molecule has 4 heteroatoms. The quantitative estimate of drug-likeness (QED) is 0.877. The van der Waals surface area contributed by atoms with Crippen LogP contribution in [0.2, 0.25) is 0 Å². The van der Waals surface area contributed by atoms with Crippen LogP contribution in [0, 0.1) is 13.8 Å². The monoisotopic (exact) mass is 230 g/mol. The van der Waals surface area contributed by atoms with Crippen molar-refractivity contribution in [2.75, 3.05) is 0 Å². The van der Waals surface area contributed by atoms with Crippen LogP contribution < -0.4 is 5.73 Å². The maximum atomic E-state index is 5.64. The number of hydrogen-bond donors (Lipinski definition) is 1. The molecule has 0 aliphatic carbocycles. The Morgan fingerprint density at radius 1 is 1.29 bits per heavy atom. The lowest BCUT2D eigenvalue weighted by molar-refractivity contribution is 0.634. The van der Waals surface area contributed by atoms with Crippen molar-refractivity contribution in [2.45, 2.75) is 33.9 Å². The second kappa shape index (κ2) is 4.67. The minimum absolute atomic E-state index is 0.515. The van der Waals surface area contributed by atoms with Gasteiger partial charge in [0, 0.05) is 42.3 Å². The Kier molecular flexibility index (Phi) is 3.24. The van der Waals surface area contributed by atoms with Gasteiger partial charge in [0.25, 0.3) is 0 Å². The van der Waals surface area contributed by atoms with Crippen LogP contribution in [0.5, 0.6) is 0 Å². The molecule has 2 heterocycles. The fraction of sp³-hybridized carbons (Fsp3) is 0.385. The summed E-state index contributed by atoms with van der Waals surface area (Å²) in [6, 6.07) is 2.09. The van der Waals surface area contributed by atoms with Crippen molar-refractivity contribution in [3.05, 3.63) is 35.4 Å². The Bertz CT molecular complexity index is 528. The first-order chi connectivity index (χ1) is 8.17. The van der Waals surface area contributed by atoms with Crippen molar-refractivity contribution in [1.29, 1.82) is 0 Å². The standard InChI is InChI=1S/C13H18N4/c1-4-17-10(3)13(9(2)16-17)12-5-11(6-14)7-15-8-12/h5,7-8H,4,6,14H2,1-3H3. The summed E-state index contributed by atoms with van der Waals surface area (Å²) in [5.74, 6) is 0. The van der Waals surface area contributed by atoms with Crippen LogP contribution in [0.3, 0.4) is 0 Å². The number of aromatic nitrogens is 3. The predicted molar refractivity (Wildman–Crippen MR) is 68.5 cm³/mol. The van der Waals surface area contributed by atoms with E-state index in [4.69, 9.17) is 5.73 Å². The Hall–Kier alpha value is -1.68. The van der Waals surface area contributed by atoms with Crippen molar-refractivity contribution in [3.8, 4) is 11.1 Å². The van der Waals surface area contributed by atoms with Crippen LogP contribution in [-0.4, -0.2) is 14.8 Å². The van der Waals surface area contributed by atoms with Gasteiger partial charge in [0.2, 0.25) is 0 Å². The number of hydrogen-bond acceptors (Lipinski definition) is 3. The van der Waals surface area contributed by atoms with Crippen LogP contribution >= 0.6 is 0 Å². The molecule has 17 heavy (non-hydrogen) atoms. The Morgan fingerprint density at radius 3 is 2.65 bits per heavy atom. The summed E-state index contributed by atoms with van der Waals surface area (Å²) in [5.41, 5.74) is 11.2. The second-order valence-corrected chi connectivity index (χ2v) is 4.15. The average Bonchev–Trinajstić information content (AvgIpc) is 2.64. The van der Waals surface area contributed by atoms with Crippen molar-refractivity contribution in [1.82, 2.24) is 14.8 Å². The smallest absolute Gasteiger partial charge is 0.0675 e. The Balaban J connectivity index is 2.55. The molecule has 0 saturated heterocycles. The highest BCUT2D eigenvalue weighted by Crippen LogP contribution is 2.26. The molecule has 2 N–H and O–H groups in total. The van der Waals surface area contributed by atoms with E-state index in [0.29, 0.717) is 6.54 Å². The second-order valence-electron chi connectivity index (χ2n) is 4.15. The fourth-order valence-electron chi connectivity index (χ4n) is 2.16. The van der Waals surface area contributed by atoms with E-state index in [1.54, 1.807) is 6.20 Å². The summed E-state index contributed by atoms with van der Waals surface area (Å²) in [7, 11) is 0. The molecule has 0 radical (unpaired) electrons. The summed E-state index contributed by atoms with van der Waals surface area (Å²) in [5, 5.41) is 4.52. The summed E-state index contributed by atoms with van der Waals surface area (Å²) < 4.78 is 2.01. The third-order valence-electron chi connectivity index (χ3n) is 3.00. The number of pyridine rings is 1. The van der Waals surface area contributed by atoms with Gasteiger partial charge in [0.1, 0.15) is 0 Å². The van der Waals surface area contributed by atoms with E-state index in [-0.39, 0.29) is 0 Å². The average molecular weight is 230 g/mol. The number of nitrogens with zero attached hydrogens (tertiary/aromatic N) is 3. The highest BCUT2D eigenvalue weighted by Gasteiger charge is 2.12. The molecular weight excluding hydrogens is 212 g/mol. The Labute approximate surface area is 101 Å². The fourth-order valence-corrected chi connectivity index (χ4v) is 2.16. The molecule has 90 valence electrons. The van der Waals surface area contributed by atoms with Gasteiger partial charge in [-0.15, -0.1) is 0 Å². The van der Waals surface area contributed by atoms with Crippen molar-refractivity contribution >= 4 is 0 Å². The molecule has 0 amide bonds. The zero-order chi connectivity index (χ0) is 12.4. The van der Waals surface area contributed by atoms with Gasteiger partial charge in [-0.25, -0.2) is 0 Å². The van der Waals surface area contributed by atoms with E-state index in [1.165, 1.54) is 11.3 Å². The lowest BCUT2D eigenvalue weighted by Crippen LogP contribution is -1.99. The van der Waals surface area contributed by atoms with Gasteiger partial charge in [-0.2, -0.15) is 5.10 Å². The maximum absolute atomic E-state index is 5.64. The van der Waals surface area contributed by atoms with E-state index in [1.807, 2.05) is 17.8 Å². The van der Waals surface area contributed by atoms with E-state index >= 15 is 0 Å². The lowest BCUT2D eigenvalue weighted by atomic mass is 10.0. The van der Waals surface area contributed by atoms with Crippen LogP contribution in [0.1, 0.15) is 23.9 Å². The highest BCUT2D eigenvalue weighted by atomic mass is 15.3. The number of rotatable bonds is 3. The van der Waals surface area contributed by atoms with Gasteiger partial charge >= 0.3 is 0 Å². The maximum Gasteiger partial charge on any atom is 0.0675 e. The third-order valence-corrected chi connectivity index (χ3v) is 3.00. The first kappa shape index (κ1) is 11.8. The van der Waals surface area contributed by atoms with Crippen LogP contribution in [0.25, 0.3) is 11.1 Å². The molecule has 0 atom stereocenters. The van der Waals surface area contributed by atoms with Crippen molar-refractivity contribution < 1.29 is 0 Å². The van der Waals surface area contributed by atoms with E-state index in [9.17, 15) is 0 Å². The zero-order valence-corrected chi connectivity index (χ0v) is 10.6. The van der Waals surface area contributed by atoms with E-state index in [0.717, 1.165) is 23.4 Å². The Morgan fingerprint density at radius 2 is 2.06 bits per heavy atom. The van der Waals surface area contributed by atoms with Gasteiger partial charge in [0.15, 0.2) is 0 Å². The molecule has 2 rings (SSSR count). The van der Waals surface area contributed by atoms with Crippen molar-refractivity contribution in [3.63, 3.8) is 0 Å². The minimum atomic E-state index is 0.515. The molecule has 0 bridgehead atoms. The molecule has 0 saturated carbocycles. The molecule has 0 fully saturated rings.